The van der Waals surface area contributed by atoms with Gasteiger partial charge in [0.05, 0.1) is 6.33 Å². The molecule has 6 atom stereocenters. The van der Waals surface area contributed by atoms with Crippen molar-refractivity contribution >= 4 is 33.8 Å². The Hall–Kier alpha value is -1.99. The van der Waals surface area contributed by atoms with E-state index in [0.717, 1.165) is 12.2 Å². The minimum Gasteiger partial charge on any atom is -0.480 e. The Kier molecular flexibility index (Phi) is 6.90. The maximum absolute atomic E-state index is 11.0. The van der Waals surface area contributed by atoms with Crippen molar-refractivity contribution in [2.24, 2.45) is 5.73 Å². The van der Waals surface area contributed by atoms with Crippen LogP contribution in [0.25, 0.3) is 11.2 Å². The first kappa shape index (κ1) is 21.7. The number of hydrogen-bond donors (Lipinski definition) is 5. The zero-order chi connectivity index (χ0) is 21.1. The number of carboxylic acid groups (broad SMARTS) is 1. The number of nitrogens with zero attached hydrogens (tertiary/aromatic N) is 4. The molecule has 0 bridgehead atoms. The van der Waals surface area contributed by atoms with Crippen LogP contribution in [0.3, 0.4) is 0 Å². The number of imidazole rings is 1. The van der Waals surface area contributed by atoms with Crippen LogP contribution >= 0.6 is 0 Å². The van der Waals surface area contributed by atoms with Crippen LogP contribution in [0.1, 0.15) is 26.0 Å². The third kappa shape index (κ3) is 4.61. The Labute approximate surface area is 170 Å². The summed E-state index contributed by atoms with van der Waals surface area (Å²) in [6.45, 7) is 2.04. The molecular weight excluding hydrogens is 400 g/mol. The molecule has 2 aromatic heterocycles. The molecule has 3 rings (SSSR count). The summed E-state index contributed by atoms with van der Waals surface area (Å²) in [6.07, 6.45) is 0.327. The minimum absolute atomic E-state index is 0.190. The Balaban J connectivity index is 1.72. The number of nitrogens with two attached hydrogens (primary N) is 2. The summed E-state index contributed by atoms with van der Waals surface area (Å²) in [7, 11) is -0.190. The number of anilines is 1. The molecule has 0 amide bonds. The van der Waals surface area contributed by atoms with Crippen LogP contribution < -0.4 is 11.5 Å². The van der Waals surface area contributed by atoms with Gasteiger partial charge in [0.25, 0.3) is 0 Å². The molecule has 0 spiro atoms. The van der Waals surface area contributed by atoms with Crippen molar-refractivity contribution in [2.75, 3.05) is 23.0 Å². The van der Waals surface area contributed by atoms with E-state index in [9.17, 15) is 15.0 Å². The fourth-order valence-electron chi connectivity index (χ4n) is 3.36. The van der Waals surface area contributed by atoms with Crippen molar-refractivity contribution in [2.45, 2.75) is 50.3 Å². The predicted molar refractivity (Wildman–Crippen MR) is 108 cm³/mol. The highest BCUT2D eigenvalue weighted by molar-refractivity contribution is 7.96. The number of rotatable bonds is 9. The lowest BCUT2D eigenvalue weighted by molar-refractivity contribution is -0.138. The van der Waals surface area contributed by atoms with Crippen LogP contribution in [0, 0.1) is 0 Å². The zero-order valence-corrected chi connectivity index (χ0v) is 16.9. The van der Waals surface area contributed by atoms with E-state index in [2.05, 4.69) is 15.0 Å². The molecule has 1 aliphatic heterocycles. The van der Waals surface area contributed by atoms with Gasteiger partial charge in [-0.1, -0.05) is 6.92 Å². The van der Waals surface area contributed by atoms with Crippen LogP contribution in [-0.2, 0) is 20.4 Å². The summed E-state index contributed by atoms with van der Waals surface area (Å²) in [5, 5.41) is 30.1. The van der Waals surface area contributed by atoms with Crippen molar-refractivity contribution in [1.29, 1.82) is 0 Å². The van der Waals surface area contributed by atoms with Gasteiger partial charge in [-0.05, 0) is 17.3 Å². The molecule has 29 heavy (non-hydrogen) atoms. The lowest BCUT2D eigenvalue weighted by atomic mass is 10.1. The molecule has 3 heterocycles. The minimum atomic E-state index is -1.16. The smallest absolute Gasteiger partial charge is 0.320 e. The fourth-order valence-corrected chi connectivity index (χ4v) is 5.80. The van der Waals surface area contributed by atoms with E-state index in [1.54, 1.807) is 4.57 Å². The maximum atomic E-state index is 11.0. The molecule has 1 fully saturated rings. The van der Waals surface area contributed by atoms with Gasteiger partial charge in [0.15, 0.2) is 17.7 Å². The van der Waals surface area contributed by atoms with Crippen molar-refractivity contribution in [3.63, 3.8) is 0 Å². The molecule has 1 saturated heterocycles. The largest absolute Gasteiger partial charge is 0.480 e. The lowest BCUT2D eigenvalue weighted by Gasteiger charge is -2.17. The Morgan fingerprint density at radius 3 is 2.76 bits per heavy atom. The average molecular weight is 428 g/mol. The van der Waals surface area contributed by atoms with Crippen molar-refractivity contribution < 1.29 is 24.9 Å². The molecule has 1 aliphatic rings. The lowest BCUT2D eigenvalue weighted by Crippen LogP contribution is -2.38. The monoisotopic (exact) mass is 427 g/mol. The van der Waals surface area contributed by atoms with Gasteiger partial charge in [-0.15, -0.1) is 0 Å². The summed E-state index contributed by atoms with van der Waals surface area (Å²) in [4.78, 5) is 23.2. The van der Waals surface area contributed by atoms with Crippen LogP contribution in [0.15, 0.2) is 12.7 Å². The van der Waals surface area contributed by atoms with Crippen molar-refractivity contribution in [3.8, 4) is 0 Å². The normalized spacial score (nSPS) is 26.6. The number of carbonyl (C=O) groups is 1. The second-order valence-corrected chi connectivity index (χ2v) is 9.42. The molecule has 1 unspecified atom stereocenters. The van der Waals surface area contributed by atoms with E-state index >= 15 is 0 Å². The fraction of sp³-hybridized carbons (Fsp3) is 0.647. The van der Waals surface area contributed by atoms with Crippen LogP contribution in [0.5, 0.6) is 0 Å². The van der Waals surface area contributed by atoms with E-state index < -0.39 is 36.6 Å². The van der Waals surface area contributed by atoms with Gasteiger partial charge in [0.2, 0.25) is 0 Å². The number of ether oxygens (including phenoxy) is 1. The average Bonchev–Trinajstić information content (AvgIpc) is 3.23. The van der Waals surface area contributed by atoms with Gasteiger partial charge in [0, 0.05) is 6.42 Å². The second kappa shape index (κ2) is 9.22. The Bertz CT molecular complexity index is 851. The first-order valence-corrected chi connectivity index (χ1v) is 11.1. The van der Waals surface area contributed by atoms with E-state index in [4.69, 9.17) is 21.3 Å². The maximum Gasteiger partial charge on any atom is 0.320 e. The Morgan fingerprint density at radius 2 is 2.07 bits per heavy atom. The molecule has 11 nitrogen and oxygen atoms in total. The van der Waals surface area contributed by atoms with Crippen molar-refractivity contribution in [3.05, 3.63) is 12.7 Å². The number of aliphatic hydroxyl groups is 2. The third-order valence-corrected chi connectivity index (χ3v) is 7.52. The summed E-state index contributed by atoms with van der Waals surface area (Å²) >= 11 is 0. The molecule has 2 aromatic rings. The number of aromatic nitrogens is 4. The molecule has 0 aromatic carbocycles. The van der Waals surface area contributed by atoms with E-state index in [1.807, 2.05) is 6.92 Å². The number of fused-ring (bicyclic) bond motifs is 1. The Morgan fingerprint density at radius 1 is 1.31 bits per heavy atom. The first-order chi connectivity index (χ1) is 13.8. The SMILES string of the molecule is CCC[S+](CC[C@H](N)C(=O)O)C[C@H]1O[C@@H](n2cnc3c(N)ncnc32)[C@H](O)[C@@H]1O. The highest BCUT2D eigenvalue weighted by Gasteiger charge is 2.47. The van der Waals surface area contributed by atoms with Gasteiger partial charge < -0.3 is 31.5 Å². The van der Waals surface area contributed by atoms with Crippen molar-refractivity contribution in [1.82, 2.24) is 19.5 Å². The molecule has 0 radical (unpaired) electrons. The van der Waals surface area contributed by atoms with Crippen LogP contribution in [-0.4, -0.2) is 82.4 Å². The summed E-state index contributed by atoms with van der Waals surface area (Å²) in [6, 6.07) is -0.905. The molecule has 7 N–H and O–H groups in total. The number of aliphatic carboxylic acids is 1. The molecule has 12 heteroatoms. The van der Waals surface area contributed by atoms with Crippen LogP contribution in [0.4, 0.5) is 5.82 Å². The number of carboxylic acids is 1. The highest BCUT2D eigenvalue weighted by Crippen LogP contribution is 2.33. The van der Waals surface area contributed by atoms with Gasteiger partial charge in [-0.3, -0.25) is 9.36 Å². The summed E-state index contributed by atoms with van der Waals surface area (Å²) in [5.41, 5.74) is 12.2. The molecular formula is C17H27N6O5S+. The van der Waals surface area contributed by atoms with E-state index in [1.165, 1.54) is 12.7 Å². The van der Waals surface area contributed by atoms with Gasteiger partial charge in [0.1, 0.15) is 53.5 Å². The number of hydrogen-bond acceptors (Lipinski definition) is 9. The standard InChI is InChI=1S/C17H26N6O5S/c1-2-4-29(5-3-9(18)17(26)27)6-10-12(24)13(25)16(28-10)23-8-22-11-14(19)20-7-21-15(11)23/h7-10,12-13,16,24-25H,2-6,18H2,1H3,(H2-,19,20,21,26,27)/p+1/t9-,10+,12+,13+,16+,29?/m0/s1. The van der Waals surface area contributed by atoms with Crippen LogP contribution in [0.2, 0.25) is 0 Å². The van der Waals surface area contributed by atoms with Gasteiger partial charge in [-0.2, -0.15) is 0 Å². The van der Waals surface area contributed by atoms with Gasteiger partial charge in [-0.25, -0.2) is 15.0 Å². The topological polar surface area (TPSA) is 183 Å². The third-order valence-electron chi connectivity index (χ3n) is 4.93. The molecule has 160 valence electrons. The number of nitrogen functional groups attached to an aromatic ring is 1. The van der Waals surface area contributed by atoms with E-state index in [0.29, 0.717) is 29.1 Å². The molecule has 0 aliphatic carbocycles. The summed E-state index contributed by atoms with van der Waals surface area (Å²) < 4.78 is 7.53. The van der Waals surface area contributed by atoms with Gasteiger partial charge >= 0.3 is 5.97 Å². The summed E-state index contributed by atoms with van der Waals surface area (Å²) in [5.74, 6) is 1.21. The second-order valence-electron chi connectivity index (χ2n) is 7.05. The predicted octanol–water partition coefficient (Wildman–Crippen LogP) is -1.14. The quantitative estimate of drug-likeness (QED) is 0.307. The molecule has 0 saturated carbocycles. The highest BCUT2D eigenvalue weighted by atomic mass is 32.2. The number of aliphatic hydroxyl groups excluding tert-OH is 2. The van der Waals surface area contributed by atoms with E-state index in [-0.39, 0.29) is 16.7 Å². The first-order valence-electron chi connectivity index (χ1n) is 9.40. The zero-order valence-electron chi connectivity index (χ0n) is 16.1.